The molecular formula is C10H10Cl3NO2. The normalized spacial score (nSPS) is 10.1. The molecular weight excluding hydrogens is 272 g/mol. The second-order valence-corrected chi connectivity index (χ2v) is 4.16. The van der Waals surface area contributed by atoms with Crippen LogP contribution in [-0.4, -0.2) is 12.5 Å². The molecule has 0 aliphatic rings. The van der Waals surface area contributed by atoms with E-state index in [4.69, 9.17) is 39.5 Å². The van der Waals surface area contributed by atoms with Crippen LogP contribution in [0.2, 0.25) is 15.1 Å². The van der Waals surface area contributed by atoms with Gasteiger partial charge in [0, 0.05) is 6.92 Å². The van der Waals surface area contributed by atoms with Gasteiger partial charge in [0.25, 0.3) is 0 Å². The highest BCUT2D eigenvalue weighted by Crippen LogP contribution is 2.43. The van der Waals surface area contributed by atoms with Gasteiger partial charge in [0.1, 0.15) is 5.02 Å². The number of ether oxygens (including phenoxy) is 1. The summed E-state index contributed by atoms with van der Waals surface area (Å²) in [5.41, 5.74) is 0.309. The molecule has 88 valence electrons. The van der Waals surface area contributed by atoms with E-state index in [0.717, 1.165) is 0 Å². The number of carbonyl (C=O) groups is 1. The summed E-state index contributed by atoms with van der Waals surface area (Å²) >= 11 is 17.9. The van der Waals surface area contributed by atoms with Crippen molar-refractivity contribution in [2.75, 3.05) is 11.9 Å². The van der Waals surface area contributed by atoms with Gasteiger partial charge in [-0.05, 0) is 13.0 Å². The molecule has 0 bridgehead atoms. The maximum Gasteiger partial charge on any atom is 0.221 e. The van der Waals surface area contributed by atoms with Crippen LogP contribution in [0.1, 0.15) is 13.8 Å². The lowest BCUT2D eigenvalue weighted by atomic mass is 10.3. The summed E-state index contributed by atoms with van der Waals surface area (Å²) in [6, 6.07) is 1.48. The molecule has 0 saturated heterocycles. The summed E-state index contributed by atoms with van der Waals surface area (Å²) in [4.78, 5) is 11.0. The SMILES string of the molecule is CCOc1c(Cl)cc(Cl)c(NC(C)=O)c1Cl. The van der Waals surface area contributed by atoms with Crippen molar-refractivity contribution in [2.45, 2.75) is 13.8 Å². The third kappa shape index (κ3) is 2.94. The fourth-order valence-electron chi connectivity index (χ4n) is 1.14. The van der Waals surface area contributed by atoms with Crippen molar-refractivity contribution in [3.63, 3.8) is 0 Å². The van der Waals surface area contributed by atoms with Crippen LogP contribution >= 0.6 is 34.8 Å². The first-order chi connectivity index (χ1) is 7.47. The molecule has 0 atom stereocenters. The van der Waals surface area contributed by atoms with Gasteiger partial charge < -0.3 is 10.1 Å². The minimum atomic E-state index is -0.270. The number of carbonyl (C=O) groups excluding carboxylic acids is 1. The molecule has 0 aliphatic carbocycles. The summed E-state index contributed by atoms with van der Waals surface area (Å²) < 4.78 is 5.27. The molecule has 0 aromatic heterocycles. The first-order valence-electron chi connectivity index (χ1n) is 4.55. The van der Waals surface area contributed by atoms with Crippen LogP contribution in [0, 0.1) is 0 Å². The lowest BCUT2D eigenvalue weighted by Crippen LogP contribution is -2.07. The maximum absolute atomic E-state index is 11.0. The predicted octanol–water partition coefficient (Wildman–Crippen LogP) is 4.00. The van der Waals surface area contributed by atoms with Crippen molar-refractivity contribution in [1.82, 2.24) is 0 Å². The fraction of sp³-hybridized carbons (Fsp3) is 0.300. The van der Waals surface area contributed by atoms with Crippen molar-refractivity contribution in [3.8, 4) is 5.75 Å². The second-order valence-electron chi connectivity index (χ2n) is 2.97. The Morgan fingerprint density at radius 2 is 2.00 bits per heavy atom. The van der Waals surface area contributed by atoms with E-state index in [2.05, 4.69) is 5.32 Å². The molecule has 0 aliphatic heterocycles. The van der Waals surface area contributed by atoms with E-state index in [1.165, 1.54) is 13.0 Å². The van der Waals surface area contributed by atoms with Crippen LogP contribution in [0.4, 0.5) is 5.69 Å². The van der Waals surface area contributed by atoms with Gasteiger partial charge in [-0.15, -0.1) is 0 Å². The fourth-order valence-corrected chi connectivity index (χ4v) is 2.11. The van der Waals surface area contributed by atoms with E-state index in [1.807, 2.05) is 0 Å². The highest BCUT2D eigenvalue weighted by atomic mass is 35.5. The molecule has 0 heterocycles. The van der Waals surface area contributed by atoms with E-state index < -0.39 is 0 Å². The number of benzene rings is 1. The highest BCUT2D eigenvalue weighted by molar-refractivity contribution is 6.44. The summed E-state index contributed by atoms with van der Waals surface area (Å²) in [6.07, 6.45) is 0. The number of hydrogen-bond donors (Lipinski definition) is 1. The van der Waals surface area contributed by atoms with Gasteiger partial charge in [0.05, 0.1) is 22.3 Å². The van der Waals surface area contributed by atoms with Gasteiger partial charge >= 0.3 is 0 Å². The molecule has 1 aromatic carbocycles. The molecule has 1 aromatic rings. The lowest BCUT2D eigenvalue weighted by Gasteiger charge is -2.13. The quantitative estimate of drug-likeness (QED) is 0.910. The lowest BCUT2D eigenvalue weighted by molar-refractivity contribution is -0.114. The number of nitrogens with one attached hydrogen (secondary N) is 1. The molecule has 6 heteroatoms. The molecule has 0 unspecified atom stereocenters. The molecule has 1 rings (SSSR count). The van der Waals surface area contributed by atoms with Gasteiger partial charge in [0.2, 0.25) is 5.91 Å². The van der Waals surface area contributed by atoms with Crippen LogP contribution in [0.25, 0.3) is 0 Å². The number of hydrogen-bond acceptors (Lipinski definition) is 2. The van der Waals surface area contributed by atoms with Crippen LogP contribution in [0.3, 0.4) is 0 Å². The third-order valence-electron chi connectivity index (χ3n) is 1.72. The smallest absolute Gasteiger partial charge is 0.221 e. The Morgan fingerprint density at radius 3 is 2.50 bits per heavy atom. The average Bonchev–Trinajstić information content (AvgIpc) is 2.19. The third-order valence-corrected chi connectivity index (χ3v) is 2.66. The molecule has 3 nitrogen and oxygen atoms in total. The van der Waals surface area contributed by atoms with Crippen molar-refractivity contribution in [2.24, 2.45) is 0 Å². The van der Waals surface area contributed by atoms with E-state index in [0.29, 0.717) is 23.1 Å². The Bertz CT molecular complexity index is 421. The van der Waals surface area contributed by atoms with Gasteiger partial charge in [0.15, 0.2) is 5.75 Å². The molecule has 1 N–H and O–H groups in total. The van der Waals surface area contributed by atoms with Crippen molar-refractivity contribution < 1.29 is 9.53 Å². The van der Waals surface area contributed by atoms with Gasteiger partial charge in [-0.3, -0.25) is 4.79 Å². The molecule has 16 heavy (non-hydrogen) atoms. The summed E-state index contributed by atoms with van der Waals surface area (Å²) in [5, 5.41) is 3.31. The molecule has 0 fully saturated rings. The van der Waals surface area contributed by atoms with E-state index >= 15 is 0 Å². The van der Waals surface area contributed by atoms with E-state index in [-0.39, 0.29) is 16.0 Å². The first-order valence-corrected chi connectivity index (χ1v) is 5.68. The molecule has 0 spiro atoms. The predicted molar refractivity (Wildman–Crippen MR) is 66.9 cm³/mol. The van der Waals surface area contributed by atoms with Gasteiger partial charge in [-0.1, -0.05) is 34.8 Å². The van der Waals surface area contributed by atoms with Crippen LogP contribution in [-0.2, 0) is 4.79 Å². The molecule has 1 amide bonds. The van der Waals surface area contributed by atoms with Gasteiger partial charge in [-0.2, -0.15) is 0 Å². The minimum Gasteiger partial charge on any atom is -0.491 e. The van der Waals surface area contributed by atoms with Crippen molar-refractivity contribution in [3.05, 3.63) is 21.1 Å². The standard InChI is InChI=1S/C10H10Cl3NO2/c1-3-16-10-7(12)4-6(11)9(8(10)13)14-5(2)15/h4H,3H2,1-2H3,(H,14,15). The zero-order valence-corrected chi connectivity index (χ0v) is 11.0. The molecule has 0 radical (unpaired) electrons. The highest BCUT2D eigenvalue weighted by Gasteiger charge is 2.16. The Labute approximate surface area is 109 Å². The topological polar surface area (TPSA) is 38.3 Å². The summed E-state index contributed by atoms with van der Waals surface area (Å²) in [6.45, 7) is 3.58. The van der Waals surface area contributed by atoms with Crippen molar-refractivity contribution >= 4 is 46.4 Å². The van der Waals surface area contributed by atoms with Crippen LogP contribution in [0.5, 0.6) is 5.75 Å². The second kappa shape index (κ2) is 5.62. The Morgan fingerprint density at radius 1 is 1.38 bits per heavy atom. The summed E-state index contributed by atoms with van der Waals surface area (Å²) in [7, 11) is 0. The van der Waals surface area contributed by atoms with Gasteiger partial charge in [-0.25, -0.2) is 0 Å². The molecule has 0 saturated carbocycles. The number of rotatable bonds is 3. The number of halogens is 3. The number of anilines is 1. The Hall–Kier alpha value is -0.640. The summed E-state index contributed by atoms with van der Waals surface area (Å²) in [5.74, 6) is 0.0487. The largest absolute Gasteiger partial charge is 0.491 e. The monoisotopic (exact) mass is 281 g/mol. The van der Waals surface area contributed by atoms with Crippen LogP contribution < -0.4 is 10.1 Å². The number of amides is 1. The van der Waals surface area contributed by atoms with Crippen LogP contribution in [0.15, 0.2) is 6.07 Å². The average molecular weight is 283 g/mol. The van der Waals surface area contributed by atoms with Crippen molar-refractivity contribution in [1.29, 1.82) is 0 Å². The Kier molecular flexibility index (Phi) is 4.71. The zero-order valence-electron chi connectivity index (χ0n) is 8.73. The zero-order chi connectivity index (χ0) is 12.3. The minimum absolute atomic E-state index is 0.203. The maximum atomic E-state index is 11.0. The van der Waals surface area contributed by atoms with E-state index in [9.17, 15) is 4.79 Å². The Balaban J connectivity index is 3.26. The van der Waals surface area contributed by atoms with E-state index in [1.54, 1.807) is 6.92 Å². The first kappa shape index (κ1) is 13.4.